The van der Waals surface area contributed by atoms with Gasteiger partial charge in [-0.2, -0.15) is 0 Å². The van der Waals surface area contributed by atoms with Gasteiger partial charge in [0, 0.05) is 0 Å². The van der Waals surface area contributed by atoms with Crippen LogP contribution in [-0.2, 0) is 10.9 Å². The van der Waals surface area contributed by atoms with Gasteiger partial charge in [-0.1, -0.05) is 0 Å². The van der Waals surface area contributed by atoms with Crippen LogP contribution in [0.5, 0.6) is 6.01 Å². The second kappa shape index (κ2) is 11.1. The van der Waals surface area contributed by atoms with Gasteiger partial charge in [0.15, 0.2) is 0 Å². The van der Waals surface area contributed by atoms with Gasteiger partial charge in [0.25, 0.3) is 0 Å². The number of H-pyrrole nitrogens is 1. The average molecular weight is 719 g/mol. The first-order valence-electron chi connectivity index (χ1n) is 15.6. The van der Waals surface area contributed by atoms with Crippen molar-refractivity contribution >= 4 is 50.6 Å². The summed E-state index contributed by atoms with van der Waals surface area (Å²) in [6, 6.07) is 3.37. The standard InChI is InChI=1S/C32H33F4N7O3Se/c1-17-10-21-20(12-38-41-21)22(24(17)32(34,35)36)25-26-19(4-6-37-25)23-27(42-8-9-45-15-30(2,44)14-42)39-29(40-28(23)47-26)46-16-31-5-3-7-43(31)13-18(33)11-31/h4,6,10,12,18,44H,3,5,7-9,11,13-16H2,1-2H3,(H,38,41)/t18-,30+,31+/m1/s1. The van der Waals surface area contributed by atoms with Crippen LogP contribution in [0.1, 0.15) is 37.3 Å². The Morgan fingerprint density at radius 2 is 2.09 bits per heavy atom. The Hall–Kier alpha value is -3.36. The Kier molecular flexibility index (Phi) is 7.30. The van der Waals surface area contributed by atoms with Crippen molar-refractivity contribution in [2.75, 3.05) is 50.9 Å². The number of hydrogen-bond donors (Lipinski definition) is 2. The molecule has 0 aliphatic carbocycles. The number of aromatic amines is 1. The SMILES string of the molecule is Cc1cc2[nH]ncc2c(-c2nccc3c2[se]c2nc(OC[C@@]45CCCN4C[C@H](F)C5)nc(N4CCOC[C@@](C)(O)C4)c23)c1C(F)(F)F. The van der Waals surface area contributed by atoms with Gasteiger partial charge in [0.1, 0.15) is 0 Å². The molecule has 4 aromatic heterocycles. The number of fused-ring (bicyclic) bond motifs is 5. The van der Waals surface area contributed by atoms with Crippen molar-refractivity contribution in [1.82, 2.24) is 30.0 Å². The predicted octanol–water partition coefficient (Wildman–Crippen LogP) is 4.65. The summed E-state index contributed by atoms with van der Waals surface area (Å²) < 4.78 is 71.8. The van der Waals surface area contributed by atoms with E-state index in [1.165, 1.54) is 25.4 Å². The molecule has 2 N–H and O–H groups in total. The number of hydrogen-bond acceptors (Lipinski definition) is 9. The van der Waals surface area contributed by atoms with Gasteiger partial charge in [0.05, 0.1) is 0 Å². The van der Waals surface area contributed by atoms with Crippen molar-refractivity contribution in [3.63, 3.8) is 0 Å². The van der Waals surface area contributed by atoms with Gasteiger partial charge in [-0.3, -0.25) is 0 Å². The molecular formula is C32H33F4N7O3Se. The van der Waals surface area contributed by atoms with Crippen LogP contribution in [0.15, 0.2) is 24.5 Å². The van der Waals surface area contributed by atoms with Crippen LogP contribution in [0.4, 0.5) is 23.4 Å². The Bertz CT molecular complexity index is 2010. The normalized spacial score (nSPS) is 25.7. The molecule has 0 unspecified atom stereocenters. The van der Waals surface area contributed by atoms with Gasteiger partial charge in [-0.05, 0) is 0 Å². The number of halogens is 4. The van der Waals surface area contributed by atoms with Crippen molar-refractivity contribution in [3.8, 4) is 17.3 Å². The van der Waals surface area contributed by atoms with E-state index in [1.807, 2.05) is 4.90 Å². The molecule has 10 nitrogen and oxygen atoms in total. The average Bonchev–Trinajstić information content (AvgIpc) is 3.75. The molecule has 15 heteroatoms. The van der Waals surface area contributed by atoms with Crippen molar-refractivity contribution in [1.29, 1.82) is 0 Å². The number of anilines is 1. The number of ether oxygens (including phenoxy) is 2. The molecule has 3 atom stereocenters. The number of alkyl halides is 4. The van der Waals surface area contributed by atoms with Crippen LogP contribution in [0, 0.1) is 6.92 Å². The molecule has 0 saturated carbocycles. The fourth-order valence-electron chi connectivity index (χ4n) is 7.70. The van der Waals surface area contributed by atoms with E-state index in [0.29, 0.717) is 62.3 Å². The molecule has 3 aliphatic heterocycles. The molecule has 1 aromatic carbocycles. The van der Waals surface area contributed by atoms with E-state index in [9.17, 15) is 22.7 Å². The Morgan fingerprint density at radius 3 is 2.91 bits per heavy atom. The molecule has 3 saturated heterocycles. The van der Waals surface area contributed by atoms with Crippen LogP contribution >= 0.6 is 0 Å². The monoisotopic (exact) mass is 719 g/mol. The van der Waals surface area contributed by atoms with Gasteiger partial charge < -0.3 is 0 Å². The molecule has 0 amide bonds. The van der Waals surface area contributed by atoms with E-state index in [1.54, 1.807) is 13.0 Å². The molecule has 0 bridgehead atoms. The second-order valence-electron chi connectivity index (χ2n) is 13.3. The van der Waals surface area contributed by atoms with Crippen LogP contribution < -0.4 is 9.64 Å². The third-order valence-electron chi connectivity index (χ3n) is 9.65. The number of aromatic nitrogens is 5. The van der Waals surface area contributed by atoms with Gasteiger partial charge >= 0.3 is 273 Å². The summed E-state index contributed by atoms with van der Waals surface area (Å²) in [7, 11) is 0. The van der Waals surface area contributed by atoms with Gasteiger partial charge in [-0.25, -0.2) is 0 Å². The van der Waals surface area contributed by atoms with Crippen molar-refractivity contribution < 1.29 is 32.1 Å². The molecule has 0 radical (unpaired) electrons. The number of aryl methyl sites for hydroxylation is 1. The Morgan fingerprint density at radius 1 is 1.23 bits per heavy atom. The Balaban J connectivity index is 1.33. The minimum atomic E-state index is -4.64. The molecule has 248 valence electrons. The number of pyridine rings is 1. The topological polar surface area (TPSA) is 113 Å². The molecule has 47 heavy (non-hydrogen) atoms. The fourth-order valence-corrected chi connectivity index (χ4v) is 10.1. The number of aliphatic hydroxyl groups is 1. The van der Waals surface area contributed by atoms with Crippen molar-refractivity contribution in [2.45, 2.75) is 56.6 Å². The zero-order valence-corrected chi connectivity index (χ0v) is 27.5. The number of β-amino-alcohol motifs (C(OH)–C–C–N with tert-alkyl or cyclic N) is 1. The summed E-state index contributed by atoms with van der Waals surface area (Å²) in [5.74, 6) is 0.512. The predicted molar refractivity (Wildman–Crippen MR) is 169 cm³/mol. The zero-order chi connectivity index (χ0) is 32.7. The van der Waals surface area contributed by atoms with E-state index >= 15 is 0 Å². The summed E-state index contributed by atoms with van der Waals surface area (Å²) >= 11 is -0.577. The molecule has 5 aromatic rings. The summed E-state index contributed by atoms with van der Waals surface area (Å²) in [4.78, 5) is 18.4. The maximum atomic E-state index is 14.7. The van der Waals surface area contributed by atoms with Crippen LogP contribution in [0.3, 0.4) is 0 Å². The third kappa shape index (κ3) is 5.27. The molecule has 3 fully saturated rings. The van der Waals surface area contributed by atoms with Gasteiger partial charge in [-0.15, -0.1) is 0 Å². The summed E-state index contributed by atoms with van der Waals surface area (Å²) in [6.07, 6.45) is -0.447. The quantitative estimate of drug-likeness (QED) is 0.198. The summed E-state index contributed by atoms with van der Waals surface area (Å²) in [5, 5.41) is 19.6. The molecule has 3 aliphatic rings. The minimum absolute atomic E-state index is 0.0210. The number of nitrogens with one attached hydrogen (secondary N) is 1. The number of rotatable bonds is 5. The molecule has 0 spiro atoms. The van der Waals surface area contributed by atoms with Crippen molar-refractivity contribution in [3.05, 3.63) is 35.7 Å². The van der Waals surface area contributed by atoms with E-state index in [2.05, 4.69) is 20.1 Å². The van der Waals surface area contributed by atoms with Crippen LogP contribution in [-0.4, -0.2) is 113 Å². The first-order valence-corrected chi connectivity index (χ1v) is 17.3. The Labute approximate surface area is 272 Å². The van der Waals surface area contributed by atoms with E-state index < -0.39 is 43.6 Å². The summed E-state index contributed by atoms with van der Waals surface area (Å²) in [5.41, 5.74) is -1.59. The summed E-state index contributed by atoms with van der Waals surface area (Å²) in [6.45, 7) is 5.70. The third-order valence-corrected chi connectivity index (χ3v) is 12.0. The van der Waals surface area contributed by atoms with E-state index in [-0.39, 0.29) is 42.6 Å². The first kappa shape index (κ1) is 30.9. The molecule has 8 rings (SSSR count). The molecule has 7 heterocycles. The maximum absolute atomic E-state index is 14.7. The zero-order valence-electron chi connectivity index (χ0n) is 25.8. The fraction of sp³-hybridized carbons (Fsp3) is 0.500. The van der Waals surface area contributed by atoms with Crippen molar-refractivity contribution in [2.24, 2.45) is 0 Å². The first-order chi connectivity index (χ1) is 22.4. The van der Waals surface area contributed by atoms with Gasteiger partial charge in [0.2, 0.25) is 0 Å². The second-order valence-corrected chi connectivity index (χ2v) is 15.4. The number of nitrogens with zero attached hydrogens (tertiary/aromatic N) is 6. The van der Waals surface area contributed by atoms with Crippen LogP contribution in [0.25, 0.3) is 41.6 Å². The molecular weight excluding hydrogens is 685 g/mol. The van der Waals surface area contributed by atoms with E-state index in [0.717, 1.165) is 19.4 Å². The van der Waals surface area contributed by atoms with E-state index in [4.69, 9.17) is 19.4 Å². The van der Waals surface area contributed by atoms with Crippen LogP contribution in [0.2, 0.25) is 0 Å². The number of benzene rings is 1.